The summed E-state index contributed by atoms with van der Waals surface area (Å²) in [4.78, 5) is 12.8. The lowest BCUT2D eigenvalue weighted by atomic mass is 10.1. The van der Waals surface area contributed by atoms with Crippen molar-refractivity contribution in [1.29, 1.82) is 0 Å². The highest BCUT2D eigenvalue weighted by molar-refractivity contribution is 7.91. The lowest BCUT2D eigenvalue weighted by molar-refractivity contribution is 0.0953. The molecule has 0 aliphatic carbocycles. The fraction of sp³-hybridized carbons (Fsp3) is 0.136. The summed E-state index contributed by atoms with van der Waals surface area (Å²) < 4.78 is 31.6. The Hall–Kier alpha value is -3.12. The first kappa shape index (κ1) is 19.6. The Bertz CT molecular complexity index is 1030. The Morgan fingerprint density at radius 2 is 1.57 bits per heavy atom. The number of nitrogens with one attached hydrogen (secondary N) is 1. The molecule has 0 aliphatic heterocycles. The first-order valence-electron chi connectivity index (χ1n) is 8.78. The van der Waals surface area contributed by atoms with Gasteiger partial charge in [-0.25, -0.2) is 8.42 Å². The molecule has 0 aromatic heterocycles. The maximum absolute atomic E-state index is 13.2. The summed E-state index contributed by atoms with van der Waals surface area (Å²) >= 11 is 0. The van der Waals surface area contributed by atoms with E-state index < -0.39 is 15.1 Å². The zero-order valence-corrected chi connectivity index (χ0v) is 16.2. The van der Waals surface area contributed by atoms with Crippen LogP contribution in [0.1, 0.15) is 21.2 Å². The lowest BCUT2D eigenvalue weighted by Gasteiger charge is -2.19. The number of carbonyl (C=O) groups excluding carboxylic acids is 1. The second kappa shape index (κ2) is 8.71. The van der Waals surface area contributed by atoms with E-state index in [1.165, 1.54) is 7.11 Å². The molecule has 1 amide bonds. The van der Waals surface area contributed by atoms with Crippen molar-refractivity contribution in [2.24, 2.45) is 0 Å². The predicted molar refractivity (Wildman–Crippen MR) is 108 cm³/mol. The van der Waals surface area contributed by atoms with Gasteiger partial charge in [-0.05, 0) is 35.9 Å². The number of ether oxygens (including phenoxy) is 1. The van der Waals surface area contributed by atoms with Crippen LogP contribution in [-0.4, -0.2) is 28.0 Å². The van der Waals surface area contributed by atoms with Crippen molar-refractivity contribution in [3.63, 3.8) is 0 Å². The van der Waals surface area contributed by atoms with Gasteiger partial charge in [0.15, 0.2) is 9.84 Å². The molecular weight excluding hydrogens is 374 g/mol. The van der Waals surface area contributed by atoms with Crippen molar-refractivity contribution in [1.82, 2.24) is 5.32 Å². The normalized spacial score (nSPS) is 12.2. The molecule has 0 unspecified atom stereocenters. The number of sulfone groups is 1. The van der Waals surface area contributed by atoms with Crippen LogP contribution in [0.4, 0.5) is 0 Å². The number of benzene rings is 3. The zero-order valence-electron chi connectivity index (χ0n) is 15.4. The van der Waals surface area contributed by atoms with Crippen molar-refractivity contribution >= 4 is 15.7 Å². The molecule has 0 saturated carbocycles. The summed E-state index contributed by atoms with van der Waals surface area (Å²) in [6.45, 7) is -0.0444. The summed E-state index contributed by atoms with van der Waals surface area (Å²) in [5, 5.41) is 1.85. The van der Waals surface area contributed by atoms with E-state index >= 15 is 0 Å². The quantitative estimate of drug-likeness (QED) is 0.663. The van der Waals surface area contributed by atoms with Gasteiger partial charge in [-0.15, -0.1) is 0 Å². The van der Waals surface area contributed by atoms with Gasteiger partial charge in [-0.2, -0.15) is 0 Å². The van der Waals surface area contributed by atoms with Gasteiger partial charge in [0.1, 0.15) is 11.0 Å². The smallest absolute Gasteiger partial charge is 0.251 e. The Morgan fingerprint density at radius 3 is 2.21 bits per heavy atom. The van der Waals surface area contributed by atoms with Crippen LogP contribution < -0.4 is 10.1 Å². The van der Waals surface area contributed by atoms with E-state index in [4.69, 9.17) is 4.74 Å². The molecule has 3 aromatic rings. The van der Waals surface area contributed by atoms with E-state index in [1.54, 1.807) is 78.9 Å². The molecule has 0 radical (unpaired) electrons. The second-order valence-corrected chi connectivity index (χ2v) is 8.33. The molecule has 3 aromatic carbocycles. The average Bonchev–Trinajstić information content (AvgIpc) is 2.75. The third-order valence-electron chi connectivity index (χ3n) is 4.40. The van der Waals surface area contributed by atoms with Gasteiger partial charge in [-0.3, -0.25) is 4.79 Å². The maximum atomic E-state index is 13.2. The number of rotatable bonds is 7. The minimum Gasteiger partial charge on any atom is -0.497 e. The summed E-state index contributed by atoms with van der Waals surface area (Å²) in [6.07, 6.45) is 0. The van der Waals surface area contributed by atoms with Gasteiger partial charge in [0.05, 0.1) is 12.0 Å². The van der Waals surface area contributed by atoms with E-state index in [0.717, 1.165) is 0 Å². The number of hydrogen-bond acceptors (Lipinski definition) is 4. The highest BCUT2D eigenvalue weighted by atomic mass is 32.2. The predicted octanol–water partition coefficient (Wildman–Crippen LogP) is 3.64. The third-order valence-corrected chi connectivity index (χ3v) is 6.51. The van der Waals surface area contributed by atoms with E-state index in [0.29, 0.717) is 16.9 Å². The zero-order chi connectivity index (χ0) is 20.0. The first-order valence-corrected chi connectivity index (χ1v) is 10.3. The van der Waals surface area contributed by atoms with Crippen LogP contribution in [0.3, 0.4) is 0 Å². The maximum Gasteiger partial charge on any atom is 0.251 e. The lowest BCUT2D eigenvalue weighted by Crippen LogP contribution is -2.32. The molecule has 0 heterocycles. The van der Waals surface area contributed by atoms with Crippen molar-refractivity contribution < 1.29 is 17.9 Å². The molecule has 3 rings (SSSR count). The Labute approximate surface area is 164 Å². The van der Waals surface area contributed by atoms with Gasteiger partial charge in [0, 0.05) is 12.1 Å². The summed E-state index contributed by atoms with van der Waals surface area (Å²) in [6, 6.07) is 23.9. The molecule has 28 heavy (non-hydrogen) atoms. The van der Waals surface area contributed by atoms with Crippen molar-refractivity contribution in [2.45, 2.75) is 10.1 Å². The molecule has 0 saturated heterocycles. The first-order chi connectivity index (χ1) is 13.5. The van der Waals surface area contributed by atoms with Gasteiger partial charge in [0.2, 0.25) is 0 Å². The van der Waals surface area contributed by atoms with Crippen molar-refractivity contribution in [2.75, 3.05) is 13.7 Å². The van der Waals surface area contributed by atoms with Crippen LogP contribution in [0.5, 0.6) is 5.75 Å². The summed E-state index contributed by atoms with van der Waals surface area (Å²) in [7, 11) is -2.16. The number of hydrogen-bond donors (Lipinski definition) is 1. The highest BCUT2D eigenvalue weighted by Crippen LogP contribution is 2.28. The highest BCUT2D eigenvalue weighted by Gasteiger charge is 2.29. The number of methoxy groups -OCH3 is 1. The number of amides is 1. The van der Waals surface area contributed by atoms with Crippen LogP contribution in [-0.2, 0) is 9.84 Å². The molecule has 0 aliphatic rings. The molecule has 6 heteroatoms. The topological polar surface area (TPSA) is 72.5 Å². The van der Waals surface area contributed by atoms with Crippen LogP contribution in [0.2, 0.25) is 0 Å². The van der Waals surface area contributed by atoms with Gasteiger partial charge in [-0.1, -0.05) is 54.6 Å². The van der Waals surface area contributed by atoms with Crippen molar-refractivity contribution in [3.05, 3.63) is 96.1 Å². The molecule has 0 spiro atoms. The van der Waals surface area contributed by atoms with Gasteiger partial charge < -0.3 is 10.1 Å². The van der Waals surface area contributed by atoms with Crippen LogP contribution in [0.25, 0.3) is 0 Å². The van der Waals surface area contributed by atoms with Crippen LogP contribution in [0, 0.1) is 0 Å². The summed E-state index contributed by atoms with van der Waals surface area (Å²) in [5.41, 5.74) is 1.03. The standard InChI is InChI=1S/C22H21NO4S/c1-27-19-12-8-11-18(15-19)22(24)23-16-21(17-9-4-2-5-10-17)28(25,26)20-13-6-3-7-14-20/h2-15,21H,16H2,1H3,(H,23,24)/t21-/m1/s1. The average molecular weight is 395 g/mol. The molecule has 5 nitrogen and oxygen atoms in total. The Balaban J connectivity index is 1.87. The minimum absolute atomic E-state index is 0.0444. The molecule has 0 fully saturated rings. The second-order valence-electron chi connectivity index (χ2n) is 6.20. The fourth-order valence-corrected chi connectivity index (χ4v) is 4.58. The van der Waals surface area contributed by atoms with E-state index in [9.17, 15) is 13.2 Å². The monoisotopic (exact) mass is 395 g/mol. The largest absolute Gasteiger partial charge is 0.497 e. The Morgan fingerprint density at radius 1 is 0.929 bits per heavy atom. The Kier molecular flexibility index (Phi) is 6.11. The molecule has 144 valence electrons. The minimum atomic E-state index is -3.68. The van der Waals surface area contributed by atoms with Gasteiger partial charge >= 0.3 is 0 Å². The summed E-state index contributed by atoms with van der Waals surface area (Å²) in [5.74, 6) is 0.201. The van der Waals surface area contributed by atoms with Gasteiger partial charge in [0.25, 0.3) is 5.91 Å². The van der Waals surface area contributed by atoms with Crippen molar-refractivity contribution in [3.8, 4) is 5.75 Å². The molecule has 1 N–H and O–H groups in total. The third kappa shape index (κ3) is 4.40. The van der Waals surface area contributed by atoms with E-state index in [2.05, 4.69) is 5.32 Å². The SMILES string of the molecule is COc1cccc(C(=O)NC[C@H](c2ccccc2)S(=O)(=O)c2ccccc2)c1. The van der Waals surface area contributed by atoms with E-state index in [1.807, 2.05) is 6.07 Å². The molecular formula is C22H21NO4S. The van der Waals surface area contributed by atoms with Crippen LogP contribution in [0.15, 0.2) is 89.8 Å². The molecule has 1 atom stereocenters. The van der Waals surface area contributed by atoms with Crippen LogP contribution >= 0.6 is 0 Å². The number of carbonyl (C=O) groups is 1. The molecule has 0 bridgehead atoms. The fourth-order valence-electron chi connectivity index (χ4n) is 2.90. The van der Waals surface area contributed by atoms with E-state index in [-0.39, 0.29) is 17.3 Å².